The zero-order valence-corrected chi connectivity index (χ0v) is 18.1. The van der Waals surface area contributed by atoms with E-state index in [0.29, 0.717) is 13.1 Å². The van der Waals surface area contributed by atoms with E-state index in [-0.39, 0.29) is 5.91 Å². The minimum atomic E-state index is 0.0662. The van der Waals surface area contributed by atoms with Crippen molar-refractivity contribution in [2.75, 3.05) is 31.1 Å². The Labute approximate surface area is 188 Å². The molecule has 4 heterocycles. The fraction of sp³-hybridized carbons (Fsp3) is 0.167. The lowest BCUT2D eigenvalue weighted by molar-refractivity contribution is 0.0746. The van der Waals surface area contributed by atoms with E-state index in [4.69, 9.17) is 4.98 Å². The number of aromatic nitrogens is 4. The third kappa shape index (κ3) is 3.29. The van der Waals surface area contributed by atoms with Crippen LogP contribution in [0.1, 0.15) is 10.4 Å². The molecular weight excluding hydrogens is 420 g/mol. The molecule has 0 atom stereocenters. The SMILES string of the molecule is O=C(c1ccc2c(c1)sc1nc(-c3ccccc3)cn12)N1CCN(c2ncccn2)CC1. The number of rotatable bonds is 3. The summed E-state index contributed by atoms with van der Waals surface area (Å²) in [4.78, 5) is 31.5. The van der Waals surface area contributed by atoms with E-state index in [2.05, 4.69) is 37.6 Å². The lowest BCUT2D eigenvalue weighted by Gasteiger charge is -2.34. The second-order valence-electron chi connectivity index (χ2n) is 7.76. The fourth-order valence-electron chi connectivity index (χ4n) is 4.13. The molecular formula is C24H20N6OS. The summed E-state index contributed by atoms with van der Waals surface area (Å²) in [6, 6.07) is 17.9. The second-order valence-corrected chi connectivity index (χ2v) is 8.77. The maximum atomic E-state index is 13.1. The van der Waals surface area contributed by atoms with Crippen LogP contribution in [0.4, 0.5) is 5.95 Å². The van der Waals surface area contributed by atoms with Crippen LogP contribution in [0.5, 0.6) is 0 Å². The smallest absolute Gasteiger partial charge is 0.254 e. The molecule has 7 nitrogen and oxygen atoms in total. The van der Waals surface area contributed by atoms with Crippen LogP contribution >= 0.6 is 11.3 Å². The second kappa shape index (κ2) is 7.72. The van der Waals surface area contributed by atoms with Gasteiger partial charge in [-0.05, 0) is 24.3 Å². The van der Waals surface area contributed by atoms with Crippen LogP contribution in [-0.4, -0.2) is 56.3 Å². The zero-order valence-electron chi connectivity index (χ0n) is 17.3. The molecule has 8 heteroatoms. The molecule has 3 aromatic heterocycles. The number of anilines is 1. The van der Waals surface area contributed by atoms with E-state index < -0.39 is 0 Å². The summed E-state index contributed by atoms with van der Waals surface area (Å²) < 4.78 is 3.17. The highest BCUT2D eigenvalue weighted by Gasteiger charge is 2.24. The Morgan fingerprint density at radius 3 is 2.47 bits per heavy atom. The monoisotopic (exact) mass is 440 g/mol. The van der Waals surface area contributed by atoms with Gasteiger partial charge in [0.15, 0.2) is 4.96 Å². The van der Waals surface area contributed by atoms with Crippen molar-refractivity contribution in [2.24, 2.45) is 0 Å². The van der Waals surface area contributed by atoms with Crippen molar-refractivity contribution in [3.63, 3.8) is 0 Å². The maximum absolute atomic E-state index is 13.1. The van der Waals surface area contributed by atoms with Crippen LogP contribution in [0.15, 0.2) is 73.2 Å². The van der Waals surface area contributed by atoms with Crippen LogP contribution in [0.3, 0.4) is 0 Å². The van der Waals surface area contributed by atoms with Gasteiger partial charge in [0.2, 0.25) is 5.95 Å². The molecule has 0 spiro atoms. The quantitative estimate of drug-likeness (QED) is 0.425. The van der Waals surface area contributed by atoms with E-state index in [1.165, 1.54) is 0 Å². The van der Waals surface area contributed by atoms with Gasteiger partial charge >= 0.3 is 0 Å². The summed E-state index contributed by atoms with van der Waals surface area (Å²) in [6.07, 6.45) is 5.56. The Hall–Kier alpha value is -3.78. The molecule has 1 aliphatic rings. The summed E-state index contributed by atoms with van der Waals surface area (Å²) in [5.74, 6) is 0.786. The average molecular weight is 441 g/mol. The molecule has 1 fully saturated rings. The maximum Gasteiger partial charge on any atom is 0.254 e. The van der Waals surface area contributed by atoms with E-state index in [9.17, 15) is 4.79 Å². The molecule has 0 N–H and O–H groups in total. The van der Waals surface area contributed by atoms with Crippen molar-refractivity contribution >= 4 is 38.4 Å². The van der Waals surface area contributed by atoms with Crippen LogP contribution in [0.2, 0.25) is 0 Å². The number of hydrogen-bond donors (Lipinski definition) is 0. The standard InChI is InChI=1S/C24H20N6OS/c31-22(28-11-13-29(14-12-28)23-25-9-4-10-26-23)18-7-8-20-21(15-18)32-24-27-19(16-30(20)24)17-5-2-1-3-6-17/h1-10,15-16H,11-14H2. The highest BCUT2D eigenvalue weighted by atomic mass is 32.1. The highest BCUT2D eigenvalue weighted by molar-refractivity contribution is 7.23. The molecule has 0 saturated carbocycles. The van der Waals surface area contributed by atoms with Gasteiger partial charge in [-0.3, -0.25) is 9.20 Å². The molecule has 5 aromatic rings. The number of imidazole rings is 1. The third-order valence-corrected chi connectivity index (χ3v) is 6.83. The number of piperazine rings is 1. The molecule has 0 bridgehead atoms. The molecule has 158 valence electrons. The summed E-state index contributed by atoms with van der Waals surface area (Å²) in [5.41, 5.74) is 3.85. The first-order valence-electron chi connectivity index (χ1n) is 10.5. The zero-order chi connectivity index (χ0) is 21.5. The molecule has 1 aliphatic heterocycles. The largest absolute Gasteiger partial charge is 0.337 e. The lowest BCUT2D eigenvalue weighted by atomic mass is 10.1. The van der Waals surface area contributed by atoms with Crippen molar-refractivity contribution in [3.05, 3.63) is 78.8 Å². The number of nitrogens with zero attached hydrogens (tertiary/aromatic N) is 6. The van der Waals surface area contributed by atoms with E-state index in [0.717, 1.165) is 51.0 Å². The fourth-order valence-corrected chi connectivity index (χ4v) is 5.18. The number of amides is 1. The predicted molar refractivity (Wildman–Crippen MR) is 126 cm³/mol. The van der Waals surface area contributed by atoms with Gasteiger partial charge in [0.1, 0.15) is 0 Å². The number of carbonyl (C=O) groups excluding carboxylic acids is 1. The molecule has 0 radical (unpaired) electrons. The molecule has 0 unspecified atom stereocenters. The van der Waals surface area contributed by atoms with Gasteiger partial charge in [-0.1, -0.05) is 41.7 Å². The van der Waals surface area contributed by atoms with Crippen molar-refractivity contribution in [3.8, 4) is 11.3 Å². The lowest BCUT2D eigenvalue weighted by Crippen LogP contribution is -2.49. The molecule has 2 aromatic carbocycles. The van der Waals surface area contributed by atoms with Crippen molar-refractivity contribution in [2.45, 2.75) is 0 Å². The van der Waals surface area contributed by atoms with Crippen LogP contribution < -0.4 is 4.90 Å². The Bertz CT molecular complexity index is 1400. The van der Waals surface area contributed by atoms with Crippen LogP contribution in [0.25, 0.3) is 26.4 Å². The average Bonchev–Trinajstić information content (AvgIpc) is 3.42. The number of fused-ring (bicyclic) bond motifs is 3. The van der Waals surface area contributed by atoms with Crippen LogP contribution in [0, 0.1) is 0 Å². The van der Waals surface area contributed by atoms with Crippen molar-refractivity contribution in [1.82, 2.24) is 24.3 Å². The molecule has 0 aliphatic carbocycles. The number of hydrogen-bond acceptors (Lipinski definition) is 6. The Morgan fingerprint density at radius 1 is 0.906 bits per heavy atom. The van der Waals surface area contributed by atoms with Crippen molar-refractivity contribution < 1.29 is 4.79 Å². The molecule has 32 heavy (non-hydrogen) atoms. The van der Waals surface area contributed by atoms with Gasteiger partial charge in [0.05, 0.1) is 15.9 Å². The van der Waals surface area contributed by atoms with Gasteiger partial charge < -0.3 is 9.80 Å². The first-order chi connectivity index (χ1) is 15.8. The van der Waals surface area contributed by atoms with E-state index in [1.54, 1.807) is 23.7 Å². The topological polar surface area (TPSA) is 66.6 Å². The number of benzene rings is 2. The van der Waals surface area contributed by atoms with Gasteiger partial charge in [-0.15, -0.1) is 0 Å². The van der Waals surface area contributed by atoms with E-state index in [1.807, 2.05) is 47.4 Å². The highest BCUT2D eigenvalue weighted by Crippen LogP contribution is 2.30. The predicted octanol–water partition coefficient (Wildman–Crippen LogP) is 3.97. The first kappa shape index (κ1) is 18.9. The van der Waals surface area contributed by atoms with E-state index >= 15 is 0 Å². The Balaban J connectivity index is 1.22. The van der Waals surface area contributed by atoms with Gasteiger partial charge in [0, 0.05) is 55.9 Å². The van der Waals surface area contributed by atoms with Crippen LogP contribution in [-0.2, 0) is 0 Å². The number of thiazole rings is 1. The van der Waals surface area contributed by atoms with Gasteiger partial charge in [0.25, 0.3) is 5.91 Å². The van der Waals surface area contributed by atoms with Crippen molar-refractivity contribution in [1.29, 1.82) is 0 Å². The molecule has 1 amide bonds. The van der Waals surface area contributed by atoms with Gasteiger partial charge in [-0.25, -0.2) is 15.0 Å². The Morgan fingerprint density at radius 2 is 1.69 bits per heavy atom. The Kier molecular flexibility index (Phi) is 4.57. The summed E-state index contributed by atoms with van der Waals surface area (Å²) >= 11 is 1.61. The first-order valence-corrected chi connectivity index (χ1v) is 11.4. The normalized spacial score (nSPS) is 14.4. The minimum absolute atomic E-state index is 0.0662. The van der Waals surface area contributed by atoms with Gasteiger partial charge in [-0.2, -0.15) is 0 Å². The third-order valence-electron chi connectivity index (χ3n) is 5.81. The summed E-state index contributed by atoms with van der Waals surface area (Å²) in [6.45, 7) is 2.77. The summed E-state index contributed by atoms with van der Waals surface area (Å²) in [5, 5.41) is 0. The molecule has 6 rings (SSSR count). The molecule has 1 saturated heterocycles. The number of carbonyl (C=O) groups is 1. The summed E-state index contributed by atoms with van der Waals surface area (Å²) in [7, 11) is 0. The minimum Gasteiger partial charge on any atom is -0.337 e.